The molecule has 0 bridgehead atoms. The van der Waals surface area contributed by atoms with Crippen LogP contribution in [-0.4, -0.2) is 19.3 Å². The molecular weight excluding hydrogens is 246 g/mol. The van der Waals surface area contributed by atoms with Gasteiger partial charge < -0.3 is 10.1 Å². The maximum atomic E-state index is 5.98. The molecule has 0 aromatic heterocycles. The maximum Gasteiger partial charge on any atom is 0.0665 e. The monoisotopic (exact) mass is 275 g/mol. The van der Waals surface area contributed by atoms with E-state index in [1.165, 1.54) is 30.4 Å². The topological polar surface area (TPSA) is 21.3 Å². The summed E-state index contributed by atoms with van der Waals surface area (Å²) in [7, 11) is 0. The van der Waals surface area contributed by atoms with Crippen molar-refractivity contribution in [2.24, 2.45) is 5.92 Å². The lowest BCUT2D eigenvalue weighted by atomic mass is 9.96. The van der Waals surface area contributed by atoms with Crippen LogP contribution < -0.4 is 5.32 Å². The van der Waals surface area contributed by atoms with E-state index < -0.39 is 0 Å². The fourth-order valence-electron chi connectivity index (χ4n) is 2.65. The van der Waals surface area contributed by atoms with Crippen molar-refractivity contribution in [3.8, 4) is 0 Å². The van der Waals surface area contributed by atoms with E-state index >= 15 is 0 Å². The number of benzene rings is 1. The molecule has 2 rings (SSSR count). The van der Waals surface area contributed by atoms with Gasteiger partial charge in [0.2, 0.25) is 0 Å². The van der Waals surface area contributed by atoms with Crippen LogP contribution in [0, 0.1) is 5.92 Å². The average molecular weight is 275 g/mol. The Morgan fingerprint density at radius 1 is 1.20 bits per heavy atom. The van der Waals surface area contributed by atoms with Crippen LogP contribution >= 0.6 is 0 Å². The van der Waals surface area contributed by atoms with Crippen LogP contribution in [0.1, 0.15) is 57.2 Å². The Kier molecular flexibility index (Phi) is 6.06. The van der Waals surface area contributed by atoms with E-state index in [1.54, 1.807) is 0 Å². The van der Waals surface area contributed by atoms with Crippen LogP contribution in [0.3, 0.4) is 0 Å². The second-order valence-corrected chi connectivity index (χ2v) is 6.34. The molecule has 1 saturated carbocycles. The largest absolute Gasteiger partial charge is 0.376 e. The van der Waals surface area contributed by atoms with Crippen molar-refractivity contribution in [3.63, 3.8) is 0 Å². The van der Waals surface area contributed by atoms with Crippen LogP contribution in [-0.2, 0) is 11.2 Å². The van der Waals surface area contributed by atoms with Crippen molar-refractivity contribution in [1.82, 2.24) is 5.32 Å². The Balaban J connectivity index is 1.92. The zero-order valence-electron chi connectivity index (χ0n) is 13.2. The van der Waals surface area contributed by atoms with E-state index in [2.05, 4.69) is 50.4 Å². The highest BCUT2D eigenvalue weighted by Crippen LogP contribution is 2.24. The molecule has 1 aromatic carbocycles. The van der Waals surface area contributed by atoms with Gasteiger partial charge in [0.25, 0.3) is 0 Å². The van der Waals surface area contributed by atoms with Crippen molar-refractivity contribution in [1.29, 1.82) is 0 Å². The number of hydrogen-bond acceptors (Lipinski definition) is 2. The molecular formula is C18H29NO. The van der Waals surface area contributed by atoms with Crippen LogP contribution in [0.15, 0.2) is 24.3 Å². The van der Waals surface area contributed by atoms with E-state index in [9.17, 15) is 0 Å². The maximum absolute atomic E-state index is 5.98. The molecule has 1 aliphatic rings. The molecule has 2 nitrogen and oxygen atoms in total. The molecule has 0 aliphatic heterocycles. The predicted octanol–water partition coefficient (Wildman–Crippen LogP) is 4.10. The number of rotatable bonds is 8. The molecule has 0 radical (unpaired) electrons. The van der Waals surface area contributed by atoms with Gasteiger partial charge in [0.15, 0.2) is 0 Å². The third-order valence-electron chi connectivity index (χ3n) is 4.03. The first-order valence-corrected chi connectivity index (χ1v) is 8.13. The Morgan fingerprint density at radius 2 is 1.90 bits per heavy atom. The molecule has 0 amide bonds. The first kappa shape index (κ1) is 15.5. The first-order chi connectivity index (χ1) is 9.69. The van der Waals surface area contributed by atoms with Crippen LogP contribution in [0.2, 0.25) is 0 Å². The van der Waals surface area contributed by atoms with Crippen molar-refractivity contribution in [2.45, 2.75) is 58.6 Å². The van der Waals surface area contributed by atoms with Gasteiger partial charge in [0, 0.05) is 0 Å². The summed E-state index contributed by atoms with van der Waals surface area (Å²) < 4.78 is 5.98. The van der Waals surface area contributed by atoms with Crippen molar-refractivity contribution in [3.05, 3.63) is 35.4 Å². The minimum Gasteiger partial charge on any atom is -0.376 e. The highest BCUT2D eigenvalue weighted by Gasteiger charge is 2.20. The predicted molar refractivity (Wildman–Crippen MR) is 85.0 cm³/mol. The molecule has 1 atom stereocenters. The summed E-state index contributed by atoms with van der Waals surface area (Å²) in [5, 5.41) is 3.54. The Hall–Kier alpha value is -0.860. The molecule has 112 valence electrons. The van der Waals surface area contributed by atoms with Gasteiger partial charge in [-0.1, -0.05) is 45.0 Å². The average Bonchev–Trinajstić information content (AvgIpc) is 2.36. The van der Waals surface area contributed by atoms with Gasteiger partial charge in [-0.05, 0) is 49.3 Å². The Labute approximate surface area is 123 Å². The summed E-state index contributed by atoms with van der Waals surface area (Å²) in [6.07, 6.45) is 5.49. The minimum atomic E-state index is 0.327. The minimum absolute atomic E-state index is 0.327. The Morgan fingerprint density at radius 3 is 2.40 bits per heavy atom. The number of nitrogens with one attached hydrogen (secondary N) is 1. The second kappa shape index (κ2) is 7.80. The van der Waals surface area contributed by atoms with Crippen molar-refractivity contribution < 1.29 is 4.74 Å². The van der Waals surface area contributed by atoms with E-state index in [-0.39, 0.29) is 0 Å². The highest BCUT2D eigenvalue weighted by molar-refractivity contribution is 5.25. The van der Waals surface area contributed by atoms with Gasteiger partial charge in [-0.3, -0.25) is 0 Å². The summed E-state index contributed by atoms with van der Waals surface area (Å²) in [5.41, 5.74) is 2.78. The molecule has 1 aromatic rings. The van der Waals surface area contributed by atoms with Crippen molar-refractivity contribution >= 4 is 0 Å². The zero-order chi connectivity index (χ0) is 14.4. The first-order valence-electron chi connectivity index (χ1n) is 8.13. The molecule has 20 heavy (non-hydrogen) atoms. The summed E-state index contributed by atoms with van der Waals surface area (Å²) in [4.78, 5) is 0. The SMILES string of the molecule is CCNC(COC1CCC1)c1ccc(CC(C)C)cc1. The van der Waals surface area contributed by atoms with Gasteiger partial charge in [0.05, 0.1) is 18.8 Å². The molecule has 1 aliphatic carbocycles. The number of likely N-dealkylation sites (N-methyl/N-ethyl adjacent to an activating group) is 1. The lowest BCUT2D eigenvalue weighted by molar-refractivity contribution is -0.00860. The van der Waals surface area contributed by atoms with Gasteiger partial charge in [-0.2, -0.15) is 0 Å². The van der Waals surface area contributed by atoms with Gasteiger partial charge in [0.1, 0.15) is 0 Å². The zero-order valence-corrected chi connectivity index (χ0v) is 13.2. The molecule has 0 saturated heterocycles. The van der Waals surface area contributed by atoms with Gasteiger partial charge in [-0.25, -0.2) is 0 Å². The standard InChI is InChI=1S/C18H29NO/c1-4-19-18(13-20-17-6-5-7-17)16-10-8-15(9-11-16)12-14(2)3/h8-11,14,17-19H,4-7,12-13H2,1-3H3. The third kappa shape index (κ3) is 4.60. The summed E-state index contributed by atoms with van der Waals surface area (Å²) >= 11 is 0. The molecule has 2 heteroatoms. The van der Waals surface area contributed by atoms with E-state index in [0.29, 0.717) is 18.1 Å². The fourth-order valence-corrected chi connectivity index (χ4v) is 2.65. The van der Waals surface area contributed by atoms with Crippen LogP contribution in [0.4, 0.5) is 0 Å². The summed E-state index contributed by atoms with van der Waals surface area (Å²) in [6.45, 7) is 8.46. The molecule has 1 unspecified atom stereocenters. The summed E-state index contributed by atoms with van der Waals surface area (Å²) in [6, 6.07) is 9.38. The second-order valence-electron chi connectivity index (χ2n) is 6.34. The molecule has 1 fully saturated rings. The summed E-state index contributed by atoms with van der Waals surface area (Å²) in [5.74, 6) is 0.715. The Bertz CT molecular complexity index is 381. The van der Waals surface area contributed by atoms with Crippen LogP contribution in [0.25, 0.3) is 0 Å². The van der Waals surface area contributed by atoms with E-state index in [0.717, 1.165) is 19.6 Å². The lowest BCUT2D eigenvalue weighted by Gasteiger charge is -2.28. The third-order valence-corrected chi connectivity index (χ3v) is 4.03. The highest BCUT2D eigenvalue weighted by atomic mass is 16.5. The van der Waals surface area contributed by atoms with Crippen LogP contribution in [0.5, 0.6) is 0 Å². The molecule has 0 spiro atoms. The van der Waals surface area contributed by atoms with Crippen molar-refractivity contribution in [2.75, 3.05) is 13.2 Å². The molecule has 0 heterocycles. The van der Waals surface area contributed by atoms with Gasteiger partial charge in [-0.15, -0.1) is 0 Å². The normalized spacial score (nSPS) is 17.2. The number of ether oxygens (including phenoxy) is 1. The fraction of sp³-hybridized carbons (Fsp3) is 0.667. The van der Waals surface area contributed by atoms with Gasteiger partial charge >= 0.3 is 0 Å². The van der Waals surface area contributed by atoms with E-state index in [1.807, 2.05) is 0 Å². The lowest BCUT2D eigenvalue weighted by Crippen LogP contribution is -2.30. The molecule has 1 N–H and O–H groups in total. The van der Waals surface area contributed by atoms with E-state index in [4.69, 9.17) is 4.74 Å². The smallest absolute Gasteiger partial charge is 0.0665 e. The number of hydrogen-bond donors (Lipinski definition) is 1. The quantitative estimate of drug-likeness (QED) is 0.771.